The molecular weight excluding hydrogens is 382 g/mol. The monoisotopic (exact) mass is 409 g/mol. The van der Waals surface area contributed by atoms with Crippen molar-refractivity contribution in [1.82, 2.24) is 4.57 Å². The van der Waals surface area contributed by atoms with Gasteiger partial charge in [0.25, 0.3) is 0 Å². The summed E-state index contributed by atoms with van der Waals surface area (Å²) in [5, 5.41) is 10.1. The zero-order valence-electron chi connectivity index (χ0n) is 17.6. The Morgan fingerprint density at radius 1 is 1.07 bits per heavy atom. The molecule has 2 aromatic carbocycles. The van der Waals surface area contributed by atoms with Crippen LogP contribution in [0.4, 0.5) is 0 Å². The highest BCUT2D eigenvalue weighted by molar-refractivity contribution is 5.92. The third kappa shape index (κ3) is 4.64. The third-order valence-electron chi connectivity index (χ3n) is 5.19. The molecule has 6 heteroatoms. The molecule has 0 atom stereocenters. The van der Waals surface area contributed by atoms with Crippen molar-refractivity contribution in [3.05, 3.63) is 64.8 Å². The molecule has 1 N–H and O–H groups in total. The van der Waals surface area contributed by atoms with Gasteiger partial charge in [-0.3, -0.25) is 4.79 Å². The number of fused-ring (bicyclic) bond motifs is 1. The Morgan fingerprint density at radius 3 is 2.50 bits per heavy atom. The Bertz CT molecular complexity index is 1070. The number of benzene rings is 2. The number of carbonyl (C=O) groups excluding carboxylic acids is 1. The number of nitrogens with zero attached hydrogens (tertiary/aromatic N) is 1. The van der Waals surface area contributed by atoms with Crippen LogP contribution in [0.3, 0.4) is 0 Å². The summed E-state index contributed by atoms with van der Waals surface area (Å²) in [6, 6.07) is 11.7. The molecule has 3 rings (SSSR count). The molecule has 30 heavy (non-hydrogen) atoms. The van der Waals surface area contributed by atoms with Gasteiger partial charge in [0.15, 0.2) is 0 Å². The Morgan fingerprint density at radius 2 is 1.83 bits per heavy atom. The molecule has 158 valence electrons. The van der Waals surface area contributed by atoms with Gasteiger partial charge < -0.3 is 19.1 Å². The first-order chi connectivity index (χ1) is 14.5. The summed E-state index contributed by atoms with van der Waals surface area (Å²) in [4.78, 5) is 22.9. The molecule has 0 saturated carbocycles. The average molecular weight is 409 g/mol. The lowest BCUT2D eigenvalue weighted by Gasteiger charge is -2.09. The van der Waals surface area contributed by atoms with E-state index in [2.05, 4.69) is 29.8 Å². The number of carbonyl (C=O) groups is 2. The molecule has 0 radical (unpaired) electrons. The summed E-state index contributed by atoms with van der Waals surface area (Å²) < 4.78 is 12.4. The van der Waals surface area contributed by atoms with Gasteiger partial charge >= 0.3 is 11.9 Å². The van der Waals surface area contributed by atoms with Gasteiger partial charge in [0.2, 0.25) is 0 Å². The number of carboxylic acid groups (broad SMARTS) is 1. The fourth-order valence-corrected chi connectivity index (χ4v) is 3.74. The second-order valence-electron chi connectivity index (χ2n) is 7.30. The summed E-state index contributed by atoms with van der Waals surface area (Å²) in [6.07, 6.45) is 4.48. The van der Waals surface area contributed by atoms with E-state index in [0.29, 0.717) is 24.2 Å². The third-order valence-corrected chi connectivity index (χ3v) is 5.19. The van der Waals surface area contributed by atoms with Crippen LogP contribution >= 0.6 is 0 Å². The van der Waals surface area contributed by atoms with Crippen molar-refractivity contribution in [2.24, 2.45) is 0 Å². The van der Waals surface area contributed by atoms with Gasteiger partial charge in [-0.15, -0.1) is 0 Å². The zero-order valence-corrected chi connectivity index (χ0v) is 17.6. The lowest BCUT2D eigenvalue weighted by atomic mass is 10.00. The minimum Gasteiger partial charge on any atom is -0.496 e. The van der Waals surface area contributed by atoms with E-state index in [4.69, 9.17) is 14.6 Å². The first-order valence-electron chi connectivity index (χ1n) is 10.0. The van der Waals surface area contributed by atoms with Crippen LogP contribution < -0.4 is 4.74 Å². The van der Waals surface area contributed by atoms with Gasteiger partial charge in [-0.05, 0) is 60.2 Å². The Balaban J connectivity index is 1.98. The van der Waals surface area contributed by atoms with Crippen LogP contribution in [-0.2, 0) is 28.9 Å². The Kier molecular flexibility index (Phi) is 6.77. The lowest BCUT2D eigenvalue weighted by Crippen LogP contribution is -2.04. The van der Waals surface area contributed by atoms with Crippen LogP contribution in [-0.4, -0.2) is 35.8 Å². The summed E-state index contributed by atoms with van der Waals surface area (Å²) in [7, 11) is 2.88. The van der Waals surface area contributed by atoms with Crippen LogP contribution in [0.1, 0.15) is 46.8 Å². The smallest absolute Gasteiger partial charge is 0.341 e. The normalized spacial score (nSPS) is 10.9. The number of rotatable bonds is 9. The average Bonchev–Trinajstić information content (AvgIpc) is 3.08. The largest absolute Gasteiger partial charge is 0.496 e. The van der Waals surface area contributed by atoms with Gasteiger partial charge in [-0.2, -0.15) is 0 Å². The number of hydrogen-bond donors (Lipinski definition) is 1. The van der Waals surface area contributed by atoms with Crippen LogP contribution in [0, 0.1) is 0 Å². The number of aromatic nitrogens is 1. The van der Waals surface area contributed by atoms with Crippen molar-refractivity contribution in [3.63, 3.8) is 0 Å². The van der Waals surface area contributed by atoms with Crippen molar-refractivity contribution in [2.45, 2.75) is 39.2 Å². The van der Waals surface area contributed by atoms with E-state index in [-0.39, 0.29) is 6.42 Å². The first-order valence-corrected chi connectivity index (χ1v) is 10.0. The SMILES string of the molecule is CCCn1cc(Cc2ccc(C(=O)OC)c(OC)c2)c2cc(CCC(=O)O)ccc21. The molecule has 0 aliphatic carbocycles. The lowest BCUT2D eigenvalue weighted by molar-refractivity contribution is -0.136. The highest BCUT2D eigenvalue weighted by atomic mass is 16.5. The molecule has 1 aromatic heterocycles. The van der Waals surface area contributed by atoms with E-state index in [1.165, 1.54) is 14.2 Å². The van der Waals surface area contributed by atoms with Crippen molar-refractivity contribution < 1.29 is 24.2 Å². The molecular formula is C24H27NO5. The number of methoxy groups -OCH3 is 2. The van der Waals surface area contributed by atoms with E-state index >= 15 is 0 Å². The molecule has 0 saturated heterocycles. The molecule has 0 fully saturated rings. The van der Waals surface area contributed by atoms with E-state index in [1.54, 1.807) is 6.07 Å². The highest BCUT2D eigenvalue weighted by Crippen LogP contribution is 2.28. The molecule has 0 spiro atoms. The van der Waals surface area contributed by atoms with Gasteiger partial charge in [0, 0.05) is 30.1 Å². The van der Waals surface area contributed by atoms with E-state index < -0.39 is 11.9 Å². The van der Waals surface area contributed by atoms with Crippen LogP contribution in [0.15, 0.2) is 42.6 Å². The standard InChI is InChI=1S/C24H27NO5/c1-4-11-25-15-18(20-13-16(6-9-21(20)25)7-10-23(26)27)12-17-5-8-19(24(28)30-3)22(14-17)29-2/h5-6,8-9,13-15H,4,7,10-12H2,1-3H3,(H,26,27). The topological polar surface area (TPSA) is 77.8 Å². The second kappa shape index (κ2) is 9.48. The van der Waals surface area contributed by atoms with Gasteiger partial charge in [-0.1, -0.05) is 19.1 Å². The first kappa shape index (κ1) is 21.4. The number of aryl methyl sites for hydroxylation is 2. The highest BCUT2D eigenvalue weighted by Gasteiger charge is 2.15. The van der Waals surface area contributed by atoms with Crippen LogP contribution in [0.25, 0.3) is 10.9 Å². The molecule has 0 bridgehead atoms. The van der Waals surface area contributed by atoms with Gasteiger partial charge in [0.1, 0.15) is 11.3 Å². The van der Waals surface area contributed by atoms with Crippen LogP contribution in [0.5, 0.6) is 5.75 Å². The molecule has 0 unspecified atom stereocenters. The van der Waals surface area contributed by atoms with Gasteiger partial charge in [-0.25, -0.2) is 4.79 Å². The molecule has 6 nitrogen and oxygen atoms in total. The number of aliphatic carboxylic acids is 1. The van der Waals surface area contributed by atoms with Crippen LogP contribution in [0.2, 0.25) is 0 Å². The van der Waals surface area contributed by atoms with Crippen molar-refractivity contribution in [1.29, 1.82) is 0 Å². The summed E-state index contributed by atoms with van der Waals surface area (Å²) in [6.45, 7) is 3.05. The molecule has 0 amide bonds. The quantitative estimate of drug-likeness (QED) is 0.528. The maximum Gasteiger partial charge on any atom is 0.341 e. The van der Waals surface area contributed by atoms with E-state index in [9.17, 15) is 9.59 Å². The Labute approximate surface area is 176 Å². The fourth-order valence-electron chi connectivity index (χ4n) is 3.74. The van der Waals surface area contributed by atoms with Crippen molar-refractivity contribution in [3.8, 4) is 5.75 Å². The molecule has 1 heterocycles. The summed E-state index contributed by atoms with van der Waals surface area (Å²) >= 11 is 0. The predicted molar refractivity (Wildman–Crippen MR) is 115 cm³/mol. The molecule has 0 aliphatic heterocycles. The summed E-state index contributed by atoms with van der Waals surface area (Å²) in [5.41, 5.74) is 4.73. The van der Waals surface area contributed by atoms with E-state index in [1.807, 2.05) is 18.2 Å². The van der Waals surface area contributed by atoms with Gasteiger partial charge in [0.05, 0.1) is 14.2 Å². The molecule has 3 aromatic rings. The fraction of sp³-hybridized carbons (Fsp3) is 0.333. The maximum absolute atomic E-state index is 11.9. The number of hydrogen-bond acceptors (Lipinski definition) is 4. The minimum atomic E-state index is -0.795. The number of carboxylic acids is 1. The maximum atomic E-state index is 11.9. The van der Waals surface area contributed by atoms with Crippen molar-refractivity contribution >= 4 is 22.8 Å². The molecule has 0 aliphatic rings. The zero-order chi connectivity index (χ0) is 21.7. The summed E-state index contributed by atoms with van der Waals surface area (Å²) in [5.74, 6) is -0.739. The number of ether oxygens (including phenoxy) is 2. The Hall–Kier alpha value is -3.28. The second-order valence-corrected chi connectivity index (χ2v) is 7.30. The van der Waals surface area contributed by atoms with E-state index in [0.717, 1.165) is 40.6 Å². The predicted octanol–water partition coefficient (Wildman–Crippen LogP) is 4.45. The minimum absolute atomic E-state index is 0.114. The van der Waals surface area contributed by atoms with Crippen molar-refractivity contribution in [2.75, 3.05) is 14.2 Å². The number of esters is 1.